The summed E-state index contributed by atoms with van der Waals surface area (Å²) in [7, 11) is 0. The van der Waals surface area contributed by atoms with E-state index in [9.17, 15) is 4.79 Å². The predicted molar refractivity (Wildman–Crippen MR) is 93.9 cm³/mol. The number of carbonyl (C=O) groups is 1. The van der Waals surface area contributed by atoms with Crippen LogP contribution in [0.25, 0.3) is 0 Å². The Kier molecular flexibility index (Phi) is 4.33. The van der Waals surface area contributed by atoms with Crippen molar-refractivity contribution in [3.05, 3.63) is 27.2 Å². The molecule has 25 heavy (non-hydrogen) atoms. The summed E-state index contributed by atoms with van der Waals surface area (Å²) in [4.78, 5) is 19.9. The van der Waals surface area contributed by atoms with Crippen molar-refractivity contribution in [2.24, 2.45) is 0 Å². The van der Waals surface area contributed by atoms with Crippen molar-refractivity contribution in [1.82, 2.24) is 24.6 Å². The third kappa shape index (κ3) is 2.97. The monoisotopic (exact) mass is 361 g/mol. The van der Waals surface area contributed by atoms with Gasteiger partial charge in [-0.3, -0.25) is 4.79 Å². The smallest absolute Gasteiger partial charge is 0.266 e. The van der Waals surface area contributed by atoms with Crippen LogP contribution in [0.1, 0.15) is 63.7 Å². The van der Waals surface area contributed by atoms with Crippen LogP contribution in [-0.2, 0) is 11.3 Å². The number of aromatic nitrogens is 4. The van der Waals surface area contributed by atoms with Gasteiger partial charge >= 0.3 is 0 Å². The van der Waals surface area contributed by atoms with Gasteiger partial charge in [-0.05, 0) is 33.6 Å². The molecular formula is C17H23N5O2S. The van der Waals surface area contributed by atoms with Gasteiger partial charge in [-0.1, -0.05) is 0 Å². The Bertz CT molecular complexity index is 793. The van der Waals surface area contributed by atoms with E-state index < -0.39 is 0 Å². The number of rotatable bonds is 2. The van der Waals surface area contributed by atoms with Crippen LogP contribution in [0.5, 0.6) is 0 Å². The molecular weight excluding hydrogens is 338 g/mol. The molecule has 134 valence electrons. The number of thiazole rings is 1. The third-order valence-electron chi connectivity index (χ3n) is 5.02. The summed E-state index contributed by atoms with van der Waals surface area (Å²) in [5.74, 6) is 2.40. The van der Waals surface area contributed by atoms with E-state index in [2.05, 4.69) is 26.7 Å². The van der Waals surface area contributed by atoms with Crippen molar-refractivity contribution >= 4 is 17.2 Å². The van der Waals surface area contributed by atoms with Crippen LogP contribution in [0.3, 0.4) is 0 Å². The average Bonchev–Trinajstić information content (AvgIpc) is 3.18. The first kappa shape index (κ1) is 16.7. The van der Waals surface area contributed by atoms with Gasteiger partial charge < -0.3 is 14.2 Å². The summed E-state index contributed by atoms with van der Waals surface area (Å²) in [6.07, 6.45) is 1.99. The van der Waals surface area contributed by atoms with Gasteiger partial charge in [0.25, 0.3) is 5.91 Å². The van der Waals surface area contributed by atoms with Gasteiger partial charge in [0.1, 0.15) is 10.7 Å². The Labute approximate surface area is 151 Å². The van der Waals surface area contributed by atoms with E-state index in [0.717, 1.165) is 53.3 Å². The first-order chi connectivity index (χ1) is 12.0. The summed E-state index contributed by atoms with van der Waals surface area (Å²) >= 11 is 1.47. The Morgan fingerprint density at radius 2 is 2.00 bits per heavy atom. The molecule has 0 aromatic carbocycles. The van der Waals surface area contributed by atoms with Crippen molar-refractivity contribution in [3.8, 4) is 0 Å². The molecule has 1 amide bonds. The Morgan fingerprint density at radius 1 is 1.24 bits per heavy atom. The van der Waals surface area contributed by atoms with Gasteiger partial charge in [0.15, 0.2) is 5.82 Å². The van der Waals surface area contributed by atoms with E-state index in [1.54, 1.807) is 0 Å². The SMILES string of the molecule is Cc1nc(C)c(C(=O)N2Cc3nnc(C4CCOCC4)n3[C@@H](C)C2)s1. The molecule has 8 heteroatoms. The minimum atomic E-state index is 0.0526. The van der Waals surface area contributed by atoms with Gasteiger partial charge in [0, 0.05) is 25.7 Å². The van der Waals surface area contributed by atoms with Crippen molar-refractivity contribution in [1.29, 1.82) is 0 Å². The van der Waals surface area contributed by atoms with E-state index >= 15 is 0 Å². The molecule has 2 aromatic rings. The molecule has 0 N–H and O–H groups in total. The summed E-state index contributed by atoms with van der Waals surface area (Å²) in [6, 6.07) is 0.176. The Hall–Kier alpha value is -1.80. The van der Waals surface area contributed by atoms with Gasteiger partial charge in [-0.2, -0.15) is 0 Å². The lowest BCUT2D eigenvalue weighted by Crippen LogP contribution is -2.41. The molecule has 7 nitrogen and oxygen atoms in total. The molecule has 1 fully saturated rings. The molecule has 0 bridgehead atoms. The second-order valence-electron chi connectivity index (χ2n) is 6.91. The molecule has 0 unspecified atom stereocenters. The maximum Gasteiger partial charge on any atom is 0.266 e. The lowest BCUT2D eigenvalue weighted by molar-refractivity contribution is 0.0672. The summed E-state index contributed by atoms with van der Waals surface area (Å²) in [5, 5.41) is 9.80. The Morgan fingerprint density at radius 3 is 2.68 bits per heavy atom. The zero-order chi connectivity index (χ0) is 17.6. The number of aryl methyl sites for hydroxylation is 2. The van der Waals surface area contributed by atoms with Crippen molar-refractivity contribution in [3.63, 3.8) is 0 Å². The Balaban J connectivity index is 1.58. The maximum atomic E-state index is 12.9. The minimum Gasteiger partial charge on any atom is -0.381 e. The lowest BCUT2D eigenvalue weighted by Gasteiger charge is -2.33. The second kappa shape index (κ2) is 6.49. The second-order valence-corrected chi connectivity index (χ2v) is 8.12. The summed E-state index contributed by atoms with van der Waals surface area (Å²) in [5.41, 5.74) is 0.815. The first-order valence-electron chi connectivity index (χ1n) is 8.79. The van der Waals surface area contributed by atoms with E-state index in [1.165, 1.54) is 11.3 Å². The molecule has 0 spiro atoms. The van der Waals surface area contributed by atoms with Crippen LogP contribution >= 0.6 is 11.3 Å². The first-order valence-corrected chi connectivity index (χ1v) is 9.61. The van der Waals surface area contributed by atoms with E-state index in [0.29, 0.717) is 19.0 Å². The van der Waals surface area contributed by atoms with Crippen molar-refractivity contribution < 1.29 is 9.53 Å². The number of amides is 1. The van der Waals surface area contributed by atoms with Crippen LogP contribution in [0.2, 0.25) is 0 Å². The molecule has 2 aromatic heterocycles. The number of ether oxygens (including phenoxy) is 1. The fourth-order valence-corrected chi connectivity index (χ4v) is 4.71. The average molecular weight is 361 g/mol. The van der Waals surface area contributed by atoms with Crippen LogP contribution in [0.15, 0.2) is 0 Å². The van der Waals surface area contributed by atoms with Gasteiger partial charge in [0.2, 0.25) is 0 Å². The molecule has 0 radical (unpaired) electrons. The highest BCUT2D eigenvalue weighted by molar-refractivity contribution is 7.13. The summed E-state index contributed by atoms with van der Waals surface area (Å²) in [6.45, 7) is 8.73. The third-order valence-corrected chi connectivity index (χ3v) is 6.08. The molecule has 2 aliphatic heterocycles. The fourth-order valence-electron chi connectivity index (χ4n) is 3.82. The number of carbonyl (C=O) groups excluding carboxylic acids is 1. The highest BCUT2D eigenvalue weighted by atomic mass is 32.1. The minimum absolute atomic E-state index is 0.0526. The maximum absolute atomic E-state index is 12.9. The van der Waals surface area contributed by atoms with Crippen molar-refractivity contribution in [2.75, 3.05) is 19.8 Å². The van der Waals surface area contributed by atoms with E-state index in [-0.39, 0.29) is 11.9 Å². The van der Waals surface area contributed by atoms with Crippen LogP contribution in [-0.4, -0.2) is 50.3 Å². The molecule has 0 saturated carbocycles. The number of fused-ring (bicyclic) bond motifs is 1. The molecule has 1 atom stereocenters. The highest BCUT2D eigenvalue weighted by Gasteiger charge is 2.33. The predicted octanol–water partition coefficient (Wildman–Crippen LogP) is 2.46. The topological polar surface area (TPSA) is 73.1 Å². The number of nitrogens with zero attached hydrogens (tertiary/aromatic N) is 5. The normalized spacial score (nSPS) is 21.4. The van der Waals surface area contributed by atoms with E-state index in [1.807, 2.05) is 18.7 Å². The molecule has 0 aliphatic carbocycles. The number of hydrogen-bond acceptors (Lipinski definition) is 6. The fraction of sp³-hybridized carbons (Fsp3) is 0.647. The van der Waals surface area contributed by atoms with Crippen LogP contribution in [0.4, 0.5) is 0 Å². The quantitative estimate of drug-likeness (QED) is 0.821. The van der Waals surface area contributed by atoms with Gasteiger partial charge in [-0.15, -0.1) is 21.5 Å². The lowest BCUT2D eigenvalue weighted by atomic mass is 9.99. The highest BCUT2D eigenvalue weighted by Crippen LogP contribution is 2.31. The standard InChI is InChI=1S/C17H23N5O2S/c1-10-8-21(17(23)15-11(2)18-12(3)25-15)9-14-19-20-16(22(10)14)13-4-6-24-7-5-13/h10,13H,4-9H2,1-3H3/t10-/m0/s1. The van der Waals surface area contributed by atoms with Crippen LogP contribution < -0.4 is 0 Å². The molecule has 4 heterocycles. The zero-order valence-electron chi connectivity index (χ0n) is 14.9. The van der Waals surface area contributed by atoms with Crippen molar-refractivity contribution in [2.45, 2.75) is 52.1 Å². The number of hydrogen-bond donors (Lipinski definition) is 0. The molecule has 4 rings (SSSR count). The van der Waals surface area contributed by atoms with Crippen LogP contribution in [0, 0.1) is 13.8 Å². The molecule has 1 saturated heterocycles. The van der Waals surface area contributed by atoms with Gasteiger partial charge in [-0.25, -0.2) is 4.98 Å². The summed E-state index contributed by atoms with van der Waals surface area (Å²) < 4.78 is 7.70. The molecule has 2 aliphatic rings. The zero-order valence-corrected chi connectivity index (χ0v) is 15.7. The largest absolute Gasteiger partial charge is 0.381 e. The van der Waals surface area contributed by atoms with Gasteiger partial charge in [0.05, 0.1) is 23.3 Å². The van der Waals surface area contributed by atoms with E-state index in [4.69, 9.17) is 4.74 Å².